The minimum absolute atomic E-state index is 0.272. The van der Waals surface area contributed by atoms with E-state index in [4.69, 9.17) is 0 Å². The molecule has 1 amide bonds. The van der Waals surface area contributed by atoms with Crippen molar-refractivity contribution in [3.8, 4) is 0 Å². The maximum atomic E-state index is 11.9. The molecule has 32 heavy (non-hydrogen) atoms. The van der Waals surface area contributed by atoms with Crippen LogP contribution >= 0.6 is 0 Å². The highest BCUT2D eigenvalue weighted by molar-refractivity contribution is 5.80. The molecule has 0 spiro atoms. The topological polar surface area (TPSA) is 51.2 Å². The largest absolute Gasteiger partial charge is 0.368 e. The molecule has 0 atom stereocenters. The third kappa shape index (κ3) is 5.06. The normalized spacial score (nSPS) is 17.3. The van der Waals surface area contributed by atoms with Crippen molar-refractivity contribution >= 4 is 17.6 Å². The van der Waals surface area contributed by atoms with Crippen LogP contribution in [0.1, 0.15) is 35.1 Å². The van der Waals surface area contributed by atoms with Gasteiger partial charge in [0.2, 0.25) is 5.91 Å². The fourth-order valence-corrected chi connectivity index (χ4v) is 4.68. The van der Waals surface area contributed by atoms with Gasteiger partial charge in [-0.25, -0.2) is 0 Å². The van der Waals surface area contributed by atoms with Gasteiger partial charge in [0.25, 0.3) is 0 Å². The zero-order valence-corrected chi connectivity index (χ0v) is 19.6. The van der Waals surface area contributed by atoms with Crippen LogP contribution in [0.15, 0.2) is 47.5 Å². The highest BCUT2D eigenvalue weighted by atomic mass is 16.2. The highest BCUT2D eigenvalue weighted by Crippen LogP contribution is 2.24. The van der Waals surface area contributed by atoms with E-state index < -0.39 is 0 Å². The first-order chi connectivity index (χ1) is 15.5. The van der Waals surface area contributed by atoms with Gasteiger partial charge >= 0.3 is 0 Å². The van der Waals surface area contributed by atoms with Crippen molar-refractivity contribution in [2.75, 3.05) is 44.7 Å². The number of amides is 1. The maximum Gasteiger partial charge on any atom is 0.222 e. The van der Waals surface area contributed by atoms with Crippen LogP contribution in [0.2, 0.25) is 0 Å². The zero-order chi connectivity index (χ0) is 22.5. The van der Waals surface area contributed by atoms with Crippen molar-refractivity contribution in [3.63, 3.8) is 0 Å². The van der Waals surface area contributed by atoms with Crippen LogP contribution in [0.3, 0.4) is 0 Å². The quantitative estimate of drug-likeness (QED) is 0.581. The minimum atomic E-state index is 0.272. The van der Waals surface area contributed by atoms with E-state index in [0.717, 1.165) is 51.6 Å². The van der Waals surface area contributed by atoms with Gasteiger partial charge in [0.05, 0.1) is 0 Å². The van der Waals surface area contributed by atoms with Crippen molar-refractivity contribution in [2.45, 2.75) is 39.8 Å². The van der Waals surface area contributed by atoms with Gasteiger partial charge in [-0.2, -0.15) is 0 Å². The monoisotopic (exact) mass is 433 g/mol. The molecular weight excluding hydrogens is 398 g/mol. The fourth-order valence-electron chi connectivity index (χ4n) is 4.68. The third-order valence-electron chi connectivity index (χ3n) is 6.69. The summed E-state index contributed by atoms with van der Waals surface area (Å²) in [6.07, 6.45) is 1.67. The van der Waals surface area contributed by atoms with E-state index in [1.165, 1.54) is 27.9 Å². The Morgan fingerprint density at radius 3 is 2.47 bits per heavy atom. The predicted molar refractivity (Wildman–Crippen MR) is 131 cm³/mol. The number of guanidine groups is 1. The summed E-state index contributed by atoms with van der Waals surface area (Å²) in [5, 5.41) is 3.54. The molecule has 0 aromatic heterocycles. The van der Waals surface area contributed by atoms with E-state index in [1.807, 2.05) is 11.9 Å². The van der Waals surface area contributed by atoms with Gasteiger partial charge in [0.1, 0.15) is 0 Å². The molecule has 0 saturated carbocycles. The van der Waals surface area contributed by atoms with Crippen molar-refractivity contribution in [1.29, 1.82) is 0 Å². The molecule has 170 valence electrons. The molecule has 2 fully saturated rings. The van der Waals surface area contributed by atoms with Gasteiger partial charge in [-0.3, -0.25) is 9.79 Å². The van der Waals surface area contributed by atoms with Crippen molar-refractivity contribution in [2.24, 2.45) is 4.99 Å². The number of hydrogen-bond donors (Lipinski definition) is 1. The number of nitrogens with zero attached hydrogens (tertiary/aromatic N) is 4. The second kappa shape index (κ2) is 10.1. The number of piperazine rings is 1. The number of likely N-dealkylation sites (tertiary alicyclic amines) is 1. The van der Waals surface area contributed by atoms with Crippen LogP contribution in [0.4, 0.5) is 5.69 Å². The van der Waals surface area contributed by atoms with Crippen molar-refractivity contribution < 1.29 is 4.79 Å². The summed E-state index contributed by atoms with van der Waals surface area (Å²) >= 11 is 0. The lowest BCUT2D eigenvalue weighted by Crippen LogP contribution is -2.52. The minimum Gasteiger partial charge on any atom is -0.368 e. The van der Waals surface area contributed by atoms with Crippen LogP contribution in [0.25, 0.3) is 0 Å². The van der Waals surface area contributed by atoms with Crippen molar-refractivity contribution in [3.05, 3.63) is 64.7 Å². The Morgan fingerprint density at radius 1 is 1.00 bits per heavy atom. The molecule has 4 rings (SSSR count). The lowest BCUT2D eigenvalue weighted by atomic mass is 10.1. The molecule has 6 nitrogen and oxygen atoms in total. The molecular formula is C26H35N5O. The number of aryl methyl sites for hydroxylation is 1. The lowest BCUT2D eigenvalue weighted by molar-refractivity contribution is -0.128. The smallest absolute Gasteiger partial charge is 0.222 e. The predicted octanol–water partition coefficient (Wildman–Crippen LogP) is 3.32. The second-order valence-electron chi connectivity index (χ2n) is 8.83. The summed E-state index contributed by atoms with van der Waals surface area (Å²) in [5.74, 6) is 1.22. The lowest BCUT2D eigenvalue weighted by Gasteiger charge is -2.38. The van der Waals surface area contributed by atoms with E-state index in [-0.39, 0.29) is 5.91 Å². The summed E-state index contributed by atoms with van der Waals surface area (Å²) in [4.78, 5) is 23.2. The molecule has 2 saturated heterocycles. The standard InChI is InChI=1S/C26H35N5O/c1-20-7-4-10-24(21(20)2)29-13-15-30(16-14-29)26(27-3)28-18-22-8-5-9-23(17-22)19-31-12-6-11-25(31)32/h4-5,7-10,17H,6,11-16,18-19H2,1-3H3,(H,27,28). The number of aliphatic imine (C=N–C) groups is 1. The number of hydrogen-bond acceptors (Lipinski definition) is 3. The third-order valence-corrected chi connectivity index (χ3v) is 6.69. The number of rotatable bonds is 5. The number of carbonyl (C=O) groups is 1. The number of carbonyl (C=O) groups excluding carboxylic acids is 1. The summed E-state index contributed by atoms with van der Waals surface area (Å²) in [7, 11) is 1.86. The Kier molecular flexibility index (Phi) is 6.98. The summed E-state index contributed by atoms with van der Waals surface area (Å²) in [6.45, 7) is 10.6. The zero-order valence-electron chi connectivity index (χ0n) is 19.6. The highest BCUT2D eigenvalue weighted by Gasteiger charge is 2.22. The van der Waals surface area contributed by atoms with Crippen LogP contribution in [0.5, 0.6) is 0 Å². The van der Waals surface area contributed by atoms with E-state index >= 15 is 0 Å². The van der Waals surface area contributed by atoms with E-state index in [1.54, 1.807) is 0 Å². The summed E-state index contributed by atoms with van der Waals surface area (Å²) < 4.78 is 0. The SMILES string of the molecule is CN=C(NCc1cccc(CN2CCCC2=O)c1)N1CCN(c2cccc(C)c2C)CC1. The first-order valence-electron chi connectivity index (χ1n) is 11.7. The fraction of sp³-hybridized carbons (Fsp3) is 0.462. The molecule has 0 radical (unpaired) electrons. The van der Waals surface area contributed by atoms with Crippen LogP contribution < -0.4 is 10.2 Å². The average Bonchev–Trinajstić information content (AvgIpc) is 3.21. The summed E-state index contributed by atoms with van der Waals surface area (Å²) in [5.41, 5.74) is 6.47. The van der Waals surface area contributed by atoms with Gasteiger partial charge in [-0.05, 0) is 48.6 Å². The second-order valence-corrected chi connectivity index (χ2v) is 8.83. The van der Waals surface area contributed by atoms with Gasteiger partial charge in [-0.15, -0.1) is 0 Å². The van der Waals surface area contributed by atoms with Crippen molar-refractivity contribution in [1.82, 2.24) is 15.1 Å². The molecule has 0 aliphatic carbocycles. The van der Waals surface area contributed by atoms with Gasteiger partial charge in [0, 0.05) is 65.0 Å². The Hall–Kier alpha value is -3.02. The number of anilines is 1. The molecule has 2 aromatic rings. The van der Waals surface area contributed by atoms with Crippen LogP contribution in [0, 0.1) is 13.8 Å². The first-order valence-corrected chi connectivity index (χ1v) is 11.7. The van der Waals surface area contributed by atoms with E-state index in [0.29, 0.717) is 13.0 Å². The molecule has 0 unspecified atom stereocenters. The number of nitrogens with one attached hydrogen (secondary N) is 1. The van der Waals surface area contributed by atoms with Gasteiger partial charge < -0.3 is 20.0 Å². The molecule has 2 aliphatic heterocycles. The molecule has 2 aromatic carbocycles. The average molecular weight is 434 g/mol. The van der Waals surface area contributed by atoms with Crippen LogP contribution in [-0.4, -0.2) is 61.4 Å². The summed E-state index contributed by atoms with van der Waals surface area (Å²) in [6, 6.07) is 15.1. The van der Waals surface area contributed by atoms with Crippen LogP contribution in [-0.2, 0) is 17.9 Å². The molecule has 2 heterocycles. The molecule has 0 bridgehead atoms. The first kappa shape index (κ1) is 22.2. The van der Waals surface area contributed by atoms with E-state index in [2.05, 4.69) is 76.4 Å². The maximum absolute atomic E-state index is 11.9. The van der Waals surface area contributed by atoms with Gasteiger partial charge in [-0.1, -0.05) is 36.4 Å². The molecule has 6 heteroatoms. The van der Waals surface area contributed by atoms with Gasteiger partial charge in [0.15, 0.2) is 5.96 Å². The Balaban J connectivity index is 1.31. The Bertz CT molecular complexity index is 978. The Morgan fingerprint density at radius 2 is 1.75 bits per heavy atom. The Labute approximate surface area is 191 Å². The molecule has 2 aliphatic rings. The molecule has 1 N–H and O–H groups in total. The number of benzene rings is 2. The van der Waals surface area contributed by atoms with E-state index in [9.17, 15) is 4.79 Å².